The Bertz CT molecular complexity index is 708. The molecule has 8 heteroatoms. The molecule has 0 aliphatic carbocycles. The first kappa shape index (κ1) is 20.4. The molecule has 1 N–H and O–H groups in total. The molecule has 1 heterocycles. The van der Waals surface area contributed by atoms with Crippen LogP contribution in [0.3, 0.4) is 0 Å². The molecule has 0 bridgehead atoms. The van der Waals surface area contributed by atoms with E-state index < -0.39 is 5.97 Å². The van der Waals surface area contributed by atoms with Crippen molar-refractivity contribution >= 4 is 51.8 Å². The molecule has 1 atom stereocenters. The molecule has 1 fully saturated rings. The smallest absolute Gasteiger partial charge is 0.340 e. The Hall–Kier alpha value is -1.93. The number of ether oxygens (including phenoxy) is 1. The van der Waals surface area contributed by atoms with E-state index in [1.54, 1.807) is 36.1 Å². The van der Waals surface area contributed by atoms with Crippen molar-refractivity contribution in [3.63, 3.8) is 0 Å². The van der Waals surface area contributed by atoms with E-state index in [9.17, 15) is 14.4 Å². The van der Waals surface area contributed by atoms with Crippen LogP contribution in [-0.4, -0.2) is 45.4 Å². The molecule has 1 aromatic rings. The average Bonchev–Trinajstić information content (AvgIpc) is 2.89. The van der Waals surface area contributed by atoms with Crippen LogP contribution in [0.1, 0.15) is 43.5 Å². The van der Waals surface area contributed by atoms with Crippen LogP contribution in [0.2, 0.25) is 0 Å². The maximum atomic E-state index is 12.2. The molecule has 26 heavy (non-hydrogen) atoms. The van der Waals surface area contributed by atoms with Gasteiger partial charge in [0, 0.05) is 13.0 Å². The average molecular weight is 395 g/mol. The van der Waals surface area contributed by atoms with Gasteiger partial charge in [-0.25, -0.2) is 4.79 Å². The van der Waals surface area contributed by atoms with Gasteiger partial charge in [-0.3, -0.25) is 14.5 Å². The van der Waals surface area contributed by atoms with Crippen molar-refractivity contribution in [3.8, 4) is 0 Å². The quantitative estimate of drug-likeness (QED) is 0.539. The SMILES string of the molecule is CCOC(=O)c1ccccc1NC(=O)CCCN1C(=O)C(CC)SC1=S. The zero-order chi connectivity index (χ0) is 19.1. The van der Waals surface area contributed by atoms with Gasteiger partial charge in [0.15, 0.2) is 0 Å². The van der Waals surface area contributed by atoms with Crippen molar-refractivity contribution < 1.29 is 19.1 Å². The van der Waals surface area contributed by atoms with Crippen LogP contribution in [0, 0.1) is 0 Å². The van der Waals surface area contributed by atoms with Crippen LogP contribution in [0.5, 0.6) is 0 Å². The zero-order valence-corrected chi connectivity index (χ0v) is 16.5. The molecule has 1 aromatic carbocycles. The lowest BCUT2D eigenvalue weighted by molar-refractivity contribution is -0.126. The first-order valence-electron chi connectivity index (χ1n) is 8.55. The molecule has 0 spiro atoms. The molecule has 2 amide bonds. The van der Waals surface area contributed by atoms with Gasteiger partial charge in [0.05, 0.1) is 23.1 Å². The fourth-order valence-corrected chi connectivity index (χ4v) is 4.02. The zero-order valence-electron chi connectivity index (χ0n) is 14.8. The number of nitrogens with one attached hydrogen (secondary N) is 1. The van der Waals surface area contributed by atoms with Crippen molar-refractivity contribution in [1.82, 2.24) is 4.90 Å². The van der Waals surface area contributed by atoms with Crippen molar-refractivity contribution in [1.29, 1.82) is 0 Å². The highest BCUT2D eigenvalue weighted by Gasteiger charge is 2.35. The summed E-state index contributed by atoms with van der Waals surface area (Å²) in [5.74, 6) is -0.673. The molecule has 0 saturated carbocycles. The highest BCUT2D eigenvalue weighted by molar-refractivity contribution is 8.24. The van der Waals surface area contributed by atoms with Crippen LogP contribution in [0.25, 0.3) is 0 Å². The Kier molecular flexibility index (Phi) is 7.59. The van der Waals surface area contributed by atoms with Gasteiger partial charge in [-0.05, 0) is 31.9 Å². The van der Waals surface area contributed by atoms with E-state index in [2.05, 4.69) is 5.32 Å². The minimum absolute atomic E-state index is 0.0237. The van der Waals surface area contributed by atoms with E-state index >= 15 is 0 Å². The summed E-state index contributed by atoms with van der Waals surface area (Å²) in [7, 11) is 0. The van der Waals surface area contributed by atoms with Gasteiger partial charge >= 0.3 is 5.97 Å². The fraction of sp³-hybridized carbons (Fsp3) is 0.444. The summed E-state index contributed by atoms with van der Waals surface area (Å²) in [4.78, 5) is 37.9. The number of nitrogens with zero attached hydrogens (tertiary/aromatic N) is 1. The topological polar surface area (TPSA) is 75.7 Å². The van der Waals surface area contributed by atoms with Crippen LogP contribution in [0.15, 0.2) is 24.3 Å². The Morgan fingerprint density at radius 1 is 1.31 bits per heavy atom. The Morgan fingerprint density at radius 2 is 2.04 bits per heavy atom. The molecular weight excluding hydrogens is 372 g/mol. The number of para-hydroxylation sites is 1. The van der Waals surface area contributed by atoms with E-state index in [4.69, 9.17) is 17.0 Å². The van der Waals surface area contributed by atoms with Crippen LogP contribution < -0.4 is 5.32 Å². The van der Waals surface area contributed by atoms with Gasteiger partial charge in [-0.2, -0.15) is 0 Å². The van der Waals surface area contributed by atoms with Crippen LogP contribution in [-0.2, 0) is 14.3 Å². The van der Waals surface area contributed by atoms with Crippen molar-refractivity contribution in [2.75, 3.05) is 18.5 Å². The highest BCUT2D eigenvalue weighted by atomic mass is 32.2. The number of hydrogen-bond acceptors (Lipinski definition) is 6. The fourth-order valence-electron chi connectivity index (χ4n) is 2.55. The number of amides is 2. The van der Waals surface area contributed by atoms with Gasteiger partial charge < -0.3 is 10.1 Å². The molecule has 2 rings (SSSR count). The van der Waals surface area contributed by atoms with E-state index in [1.807, 2.05) is 6.92 Å². The molecular formula is C18H22N2O4S2. The number of benzene rings is 1. The molecule has 0 radical (unpaired) electrons. The van der Waals surface area contributed by atoms with E-state index in [0.29, 0.717) is 28.5 Å². The van der Waals surface area contributed by atoms with Gasteiger partial charge in [-0.1, -0.05) is 43.0 Å². The Balaban J connectivity index is 1.87. The van der Waals surface area contributed by atoms with E-state index in [1.165, 1.54) is 11.8 Å². The molecule has 0 aromatic heterocycles. The maximum Gasteiger partial charge on any atom is 0.340 e. The minimum atomic E-state index is -0.473. The molecule has 1 saturated heterocycles. The van der Waals surface area contributed by atoms with Gasteiger partial charge in [0.1, 0.15) is 4.32 Å². The summed E-state index contributed by atoms with van der Waals surface area (Å²) in [5, 5.41) is 2.63. The summed E-state index contributed by atoms with van der Waals surface area (Å²) < 4.78 is 5.57. The number of carbonyl (C=O) groups excluding carboxylic acids is 3. The number of anilines is 1. The van der Waals surface area contributed by atoms with E-state index in [-0.39, 0.29) is 30.1 Å². The molecule has 1 aliphatic rings. The standard InChI is InChI=1S/C18H22N2O4S2/c1-3-14-16(22)20(18(25)26-14)11-7-10-15(21)19-13-9-6-5-8-12(13)17(23)24-4-2/h5-6,8-9,14H,3-4,7,10-11H2,1-2H3,(H,19,21). The summed E-state index contributed by atoms with van der Waals surface area (Å²) in [6.07, 6.45) is 1.46. The highest BCUT2D eigenvalue weighted by Crippen LogP contribution is 2.29. The monoisotopic (exact) mass is 394 g/mol. The minimum Gasteiger partial charge on any atom is -0.462 e. The number of hydrogen-bond donors (Lipinski definition) is 1. The Labute approximate surface area is 162 Å². The molecule has 1 aliphatic heterocycles. The third-order valence-corrected chi connectivity index (χ3v) is 5.61. The summed E-state index contributed by atoms with van der Waals surface area (Å²) in [5.41, 5.74) is 0.742. The lowest BCUT2D eigenvalue weighted by atomic mass is 10.1. The lowest BCUT2D eigenvalue weighted by Crippen LogP contribution is -2.32. The number of carbonyl (C=O) groups is 3. The van der Waals surface area contributed by atoms with Gasteiger partial charge in [0.25, 0.3) is 0 Å². The second-order valence-electron chi connectivity index (χ2n) is 5.69. The largest absolute Gasteiger partial charge is 0.462 e. The summed E-state index contributed by atoms with van der Waals surface area (Å²) >= 11 is 6.64. The number of rotatable bonds is 8. The maximum absolute atomic E-state index is 12.2. The van der Waals surface area contributed by atoms with Crippen molar-refractivity contribution in [2.24, 2.45) is 0 Å². The second-order valence-corrected chi connectivity index (χ2v) is 7.52. The number of thiocarbonyl (C=S) groups is 1. The predicted molar refractivity (Wildman–Crippen MR) is 106 cm³/mol. The molecule has 1 unspecified atom stereocenters. The first-order chi connectivity index (χ1) is 12.5. The summed E-state index contributed by atoms with van der Waals surface area (Å²) in [6.45, 7) is 4.37. The third kappa shape index (κ3) is 5.04. The van der Waals surface area contributed by atoms with Gasteiger partial charge in [-0.15, -0.1) is 0 Å². The molecule has 140 valence electrons. The lowest BCUT2D eigenvalue weighted by Gasteiger charge is -2.15. The molecule has 6 nitrogen and oxygen atoms in total. The van der Waals surface area contributed by atoms with Crippen LogP contribution in [0.4, 0.5) is 5.69 Å². The van der Waals surface area contributed by atoms with Crippen molar-refractivity contribution in [3.05, 3.63) is 29.8 Å². The first-order valence-corrected chi connectivity index (χ1v) is 9.84. The number of esters is 1. The third-order valence-electron chi connectivity index (χ3n) is 3.86. The van der Waals surface area contributed by atoms with E-state index in [0.717, 1.165) is 6.42 Å². The summed E-state index contributed by atoms with van der Waals surface area (Å²) in [6, 6.07) is 6.72. The normalized spacial score (nSPS) is 16.7. The second kappa shape index (κ2) is 9.68. The predicted octanol–water partition coefficient (Wildman–Crippen LogP) is 3.22. The van der Waals surface area contributed by atoms with Crippen molar-refractivity contribution in [2.45, 2.75) is 38.4 Å². The Morgan fingerprint density at radius 3 is 2.69 bits per heavy atom. The van der Waals surface area contributed by atoms with Crippen LogP contribution >= 0.6 is 24.0 Å². The van der Waals surface area contributed by atoms with Gasteiger partial charge in [0.2, 0.25) is 11.8 Å². The number of thioether (sulfide) groups is 1.